The Morgan fingerprint density at radius 2 is 1.12 bits per heavy atom. The topological polar surface area (TPSA) is 57.7 Å². The number of carbonyl (C=O) groups is 1. The molecule has 130 valence electrons. The van der Waals surface area contributed by atoms with E-state index in [1.54, 1.807) is 0 Å². The fraction of sp³-hybridized carbons (Fsp3) is 0.235. The molecule has 2 aromatic carbocycles. The van der Waals surface area contributed by atoms with Gasteiger partial charge in [0.25, 0.3) is 0 Å². The Morgan fingerprint density at radius 3 is 1.48 bits per heavy atom. The quantitative estimate of drug-likeness (QED) is 0.770. The highest BCUT2D eigenvalue weighted by molar-refractivity contribution is 7.91. The van der Waals surface area contributed by atoms with E-state index in [1.807, 2.05) is 0 Å². The maximum absolute atomic E-state index is 13.2. The number of anilines is 2. The Bertz CT molecular complexity index is 860. The smallest absolute Gasteiger partial charge is 0.288 e. The molecule has 0 spiro atoms. The molecule has 2 unspecified atom stereocenters. The first-order valence-electron chi connectivity index (χ1n) is 7.70. The monoisotopic (exact) mass is 364 g/mol. The molecule has 2 aliphatic rings. The summed E-state index contributed by atoms with van der Waals surface area (Å²) in [5, 5.41) is 0. The first-order valence-corrected chi connectivity index (χ1v) is 9.52. The van der Waals surface area contributed by atoms with E-state index >= 15 is 0 Å². The van der Waals surface area contributed by atoms with Gasteiger partial charge in [-0.05, 0) is 48.5 Å². The van der Waals surface area contributed by atoms with Crippen LogP contribution < -0.4 is 9.80 Å². The molecule has 0 N–H and O–H groups in total. The standard InChI is InChI=1S/C17H14F2N2O3S/c18-11-1-5-13(6-2-11)20-15-9-25(23,24)10-16(15)21(17(20)22)14-7-3-12(19)4-8-14/h1-8,15-16H,9-10H2. The third-order valence-electron chi connectivity index (χ3n) is 4.58. The summed E-state index contributed by atoms with van der Waals surface area (Å²) in [5.74, 6) is -1.19. The van der Waals surface area contributed by atoms with Crippen LogP contribution in [0.25, 0.3) is 0 Å². The van der Waals surface area contributed by atoms with Gasteiger partial charge < -0.3 is 0 Å². The van der Waals surface area contributed by atoms with Crippen molar-refractivity contribution in [1.29, 1.82) is 0 Å². The zero-order chi connectivity index (χ0) is 17.8. The molecule has 2 atom stereocenters. The van der Waals surface area contributed by atoms with Crippen LogP contribution in [0.5, 0.6) is 0 Å². The number of sulfone groups is 1. The predicted molar refractivity (Wildman–Crippen MR) is 89.4 cm³/mol. The lowest BCUT2D eigenvalue weighted by atomic mass is 10.1. The first kappa shape index (κ1) is 16.0. The molecule has 8 heteroatoms. The summed E-state index contributed by atoms with van der Waals surface area (Å²) >= 11 is 0. The summed E-state index contributed by atoms with van der Waals surface area (Å²) in [7, 11) is -3.31. The number of hydrogen-bond acceptors (Lipinski definition) is 3. The van der Waals surface area contributed by atoms with E-state index in [2.05, 4.69) is 0 Å². The number of fused-ring (bicyclic) bond motifs is 1. The normalized spacial score (nSPS) is 24.6. The van der Waals surface area contributed by atoms with E-state index in [9.17, 15) is 22.0 Å². The third-order valence-corrected chi connectivity index (χ3v) is 6.28. The van der Waals surface area contributed by atoms with Crippen molar-refractivity contribution in [2.45, 2.75) is 12.1 Å². The van der Waals surface area contributed by atoms with Gasteiger partial charge in [-0.3, -0.25) is 9.80 Å². The van der Waals surface area contributed by atoms with E-state index in [-0.39, 0.29) is 11.5 Å². The van der Waals surface area contributed by atoms with Crippen LogP contribution in [-0.2, 0) is 9.84 Å². The molecule has 0 aromatic heterocycles. The lowest BCUT2D eigenvalue weighted by Crippen LogP contribution is -2.37. The van der Waals surface area contributed by atoms with Gasteiger partial charge in [0.15, 0.2) is 9.84 Å². The van der Waals surface area contributed by atoms with Crippen molar-refractivity contribution in [2.75, 3.05) is 21.3 Å². The highest BCUT2D eigenvalue weighted by Gasteiger charge is 2.54. The van der Waals surface area contributed by atoms with Crippen molar-refractivity contribution >= 4 is 27.2 Å². The Kier molecular flexibility index (Phi) is 3.54. The van der Waals surface area contributed by atoms with E-state index in [1.165, 1.54) is 58.3 Å². The van der Waals surface area contributed by atoms with E-state index in [0.29, 0.717) is 11.4 Å². The molecule has 2 saturated heterocycles. The summed E-state index contributed by atoms with van der Waals surface area (Å²) in [6.07, 6.45) is 0. The van der Waals surface area contributed by atoms with E-state index in [0.717, 1.165) is 0 Å². The van der Waals surface area contributed by atoms with Crippen LogP contribution in [0.4, 0.5) is 25.0 Å². The molecule has 0 aliphatic carbocycles. The molecule has 2 aliphatic heterocycles. The fourth-order valence-electron chi connectivity index (χ4n) is 3.51. The summed E-state index contributed by atoms with van der Waals surface area (Å²) in [4.78, 5) is 15.7. The Balaban J connectivity index is 1.79. The molecule has 2 aromatic rings. The van der Waals surface area contributed by atoms with Gasteiger partial charge in [-0.25, -0.2) is 22.0 Å². The van der Waals surface area contributed by atoms with Crippen LogP contribution in [-0.4, -0.2) is 38.0 Å². The summed E-state index contributed by atoms with van der Waals surface area (Å²) in [6, 6.07) is 9.16. The number of carbonyl (C=O) groups excluding carboxylic acids is 1. The molecule has 25 heavy (non-hydrogen) atoms. The maximum atomic E-state index is 13.2. The average molecular weight is 364 g/mol. The highest BCUT2D eigenvalue weighted by atomic mass is 32.2. The van der Waals surface area contributed by atoms with Gasteiger partial charge in [0.2, 0.25) is 0 Å². The van der Waals surface area contributed by atoms with Crippen molar-refractivity contribution in [3.8, 4) is 0 Å². The Labute approximate surface area is 143 Å². The van der Waals surface area contributed by atoms with E-state index in [4.69, 9.17) is 0 Å². The van der Waals surface area contributed by atoms with E-state index < -0.39 is 39.6 Å². The summed E-state index contributed by atoms with van der Waals surface area (Å²) in [5.41, 5.74) is 0.867. The molecule has 5 nitrogen and oxygen atoms in total. The van der Waals surface area contributed by atoms with Crippen molar-refractivity contribution in [2.24, 2.45) is 0 Å². The molecular weight excluding hydrogens is 350 g/mol. The van der Waals surface area contributed by atoms with Crippen molar-refractivity contribution in [1.82, 2.24) is 0 Å². The summed E-state index contributed by atoms with van der Waals surface area (Å²) < 4.78 is 50.6. The second-order valence-corrected chi connectivity index (χ2v) is 8.34. The minimum Gasteiger partial charge on any atom is -0.288 e. The highest BCUT2D eigenvalue weighted by Crippen LogP contribution is 2.37. The Morgan fingerprint density at radius 1 is 0.760 bits per heavy atom. The molecule has 0 radical (unpaired) electrons. The van der Waals surface area contributed by atoms with Crippen molar-refractivity contribution in [3.63, 3.8) is 0 Å². The molecule has 2 heterocycles. The molecule has 0 bridgehead atoms. The molecule has 0 saturated carbocycles. The lowest BCUT2D eigenvalue weighted by Gasteiger charge is -2.22. The number of rotatable bonds is 2. The number of hydrogen-bond donors (Lipinski definition) is 0. The van der Waals surface area contributed by atoms with Gasteiger partial charge in [0, 0.05) is 11.4 Å². The average Bonchev–Trinajstić information content (AvgIpc) is 2.99. The van der Waals surface area contributed by atoms with Crippen LogP contribution in [0.3, 0.4) is 0 Å². The van der Waals surface area contributed by atoms with Gasteiger partial charge in [-0.15, -0.1) is 0 Å². The van der Waals surface area contributed by atoms with Gasteiger partial charge in [0.05, 0.1) is 23.6 Å². The zero-order valence-corrected chi connectivity index (χ0v) is 13.8. The molecule has 4 rings (SSSR count). The fourth-order valence-corrected chi connectivity index (χ4v) is 5.43. The van der Waals surface area contributed by atoms with Crippen LogP contribution in [0.15, 0.2) is 48.5 Å². The number of nitrogens with zero attached hydrogens (tertiary/aromatic N) is 2. The minimum atomic E-state index is -3.31. The number of halogens is 2. The number of amides is 2. The molecular formula is C17H14F2N2O3S. The van der Waals surface area contributed by atoms with Crippen molar-refractivity contribution < 1.29 is 22.0 Å². The maximum Gasteiger partial charge on any atom is 0.329 e. The van der Waals surface area contributed by atoms with Crippen LogP contribution in [0, 0.1) is 11.6 Å². The second-order valence-electron chi connectivity index (χ2n) is 6.19. The van der Waals surface area contributed by atoms with Crippen LogP contribution in [0.2, 0.25) is 0 Å². The van der Waals surface area contributed by atoms with Crippen LogP contribution >= 0.6 is 0 Å². The van der Waals surface area contributed by atoms with Crippen LogP contribution in [0.1, 0.15) is 0 Å². The van der Waals surface area contributed by atoms with Gasteiger partial charge in [-0.1, -0.05) is 0 Å². The second kappa shape index (κ2) is 5.52. The SMILES string of the molecule is O=C1N(c2ccc(F)cc2)C2CS(=O)(=O)CC2N1c1ccc(F)cc1. The largest absolute Gasteiger partial charge is 0.329 e. The van der Waals surface area contributed by atoms with Gasteiger partial charge in [-0.2, -0.15) is 0 Å². The third kappa shape index (κ3) is 2.66. The molecule has 2 fully saturated rings. The predicted octanol–water partition coefficient (Wildman–Crippen LogP) is 2.58. The number of benzene rings is 2. The van der Waals surface area contributed by atoms with Gasteiger partial charge in [0.1, 0.15) is 11.6 Å². The van der Waals surface area contributed by atoms with Gasteiger partial charge >= 0.3 is 6.03 Å². The number of urea groups is 1. The zero-order valence-electron chi connectivity index (χ0n) is 13.0. The summed E-state index contributed by atoms with van der Waals surface area (Å²) in [6.45, 7) is 0. The molecule has 2 amide bonds. The van der Waals surface area contributed by atoms with Crippen molar-refractivity contribution in [3.05, 3.63) is 60.2 Å². The first-order chi connectivity index (χ1) is 11.9. The lowest BCUT2D eigenvalue weighted by molar-refractivity contribution is 0.255. The minimum absolute atomic E-state index is 0.154. The Hall–Kier alpha value is -2.48.